The van der Waals surface area contributed by atoms with Crippen LogP contribution in [0.4, 0.5) is 0 Å². The predicted octanol–water partition coefficient (Wildman–Crippen LogP) is 2.54. The van der Waals surface area contributed by atoms with Crippen LogP contribution >= 0.6 is 0 Å². The van der Waals surface area contributed by atoms with Gasteiger partial charge in [0.2, 0.25) is 0 Å². The van der Waals surface area contributed by atoms with Gasteiger partial charge in [0.25, 0.3) is 0 Å². The third kappa shape index (κ3) is 43.3. The Balaban J connectivity index is 0. The second-order valence-electron chi connectivity index (χ2n) is 3.37. The zero-order valence-corrected chi connectivity index (χ0v) is 8.02. The predicted molar refractivity (Wildman–Crippen MR) is 49.9 cm³/mol. The maximum Gasteiger partial charge on any atom is 0.130 e. The second-order valence-corrected chi connectivity index (χ2v) is 3.37. The molecule has 0 bridgehead atoms. The normalized spacial score (nSPS) is 11.4. The van der Waals surface area contributed by atoms with Crippen molar-refractivity contribution in [3.63, 3.8) is 0 Å². The summed E-state index contributed by atoms with van der Waals surface area (Å²) in [5.41, 5.74) is 0. The molecule has 0 amide bonds. The molecule has 62 valence electrons. The number of hydrogen-bond donors (Lipinski definition) is 1. The van der Waals surface area contributed by atoms with Crippen molar-refractivity contribution in [3.8, 4) is 0 Å². The molecule has 0 saturated heterocycles. The number of aliphatic hydroxyl groups is 1. The highest BCUT2D eigenvalue weighted by Gasteiger charge is 1.87. The van der Waals surface area contributed by atoms with E-state index < -0.39 is 0 Å². The van der Waals surface area contributed by atoms with Gasteiger partial charge >= 0.3 is 0 Å². The third-order valence-electron chi connectivity index (χ3n) is 0.706. The highest BCUT2D eigenvalue weighted by molar-refractivity contribution is 6.54. The van der Waals surface area contributed by atoms with Crippen molar-refractivity contribution < 1.29 is 5.11 Å². The Labute approximate surface area is 65.9 Å². The summed E-state index contributed by atoms with van der Waals surface area (Å²) in [5.74, 6) is 0. The molecule has 1 nitrogen and oxygen atoms in total. The third-order valence-corrected chi connectivity index (χ3v) is 0.706. The minimum absolute atomic E-state index is 0.102. The minimum Gasteiger partial charge on any atom is -0.393 e. The van der Waals surface area contributed by atoms with Gasteiger partial charge in [0.1, 0.15) is 6.71 Å². The van der Waals surface area contributed by atoms with Crippen LogP contribution in [0.15, 0.2) is 0 Å². The van der Waals surface area contributed by atoms with E-state index in [1.165, 1.54) is 0 Å². The zero-order chi connectivity index (χ0) is 8.57. The first-order valence-electron chi connectivity index (χ1n) is 4.18. The van der Waals surface area contributed by atoms with E-state index in [0.29, 0.717) is 0 Å². The number of aliphatic hydroxyl groups excluding tert-OH is 1. The average molecular weight is 144 g/mol. The molecule has 0 aromatic heterocycles. The Morgan fingerprint density at radius 3 is 1.60 bits per heavy atom. The summed E-state index contributed by atoms with van der Waals surface area (Å²) >= 11 is 0. The molecule has 0 aliphatic heterocycles. The number of hydrogen-bond acceptors (Lipinski definition) is 1. The second kappa shape index (κ2) is 9.02. The van der Waals surface area contributed by atoms with E-state index in [-0.39, 0.29) is 6.10 Å². The van der Waals surface area contributed by atoms with Crippen LogP contribution in [0, 0.1) is 0 Å². The summed E-state index contributed by atoms with van der Waals surface area (Å²) in [7, 11) is 0. The Hall–Kier alpha value is 0.0249. The van der Waals surface area contributed by atoms with Crippen LogP contribution in [-0.4, -0.2) is 17.9 Å². The fourth-order valence-electron chi connectivity index (χ4n) is 0.418. The first-order chi connectivity index (χ1) is 4.50. The Kier molecular flexibility index (Phi) is 11.4. The van der Waals surface area contributed by atoms with Gasteiger partial charge in [-0.05, 0) is 13.3 Å². The standard InChI is InChI=1S/C5H12O.C3H9B/c1-3-4-5(2)6;1-4(2)3/h5-6H,3-4H2,1-2H3;1-3H3. The lowest BCUT2D eigenvalue weighted by Crippen LogP contribution is -1.95. The van der Waals surface area contributed by atoms with Gasteiger partial charge < -0.3 is 5.11 Å². The van der Waals surface area contributed by atoms with Gasteiger partial charge in [-0.1, -0.05) is 33.8 Å². The van der Waals surface area contributed by atoms with Gasteiger partial charge in [-0.2, -0.15) is 0 Å². The van der Waals surface area contributed by atoms with Crippen LogP contribution < -0.4 is 0 Å². The van der Waals surface area contributed by atoms with Crippen molar-refractivity contribution >= 4 is 6.71 Å². The van der Waals surface area contributed by atoms with E-state index in [9.17, 15) is 0 Å². The van der Waals surface area contributed by atoms with E-state index in [4.69, 9.17) is 5.11 Å². The van der Waals surface area contributed by atoms with Gasteiger partial charge in [-0.25, -0.2) is 0 Å². The van der Waals surface area contributed by atoms with Gasteiger partial charge in [-0.3, -0.25) is 0 Å². The van der Waals surface area contributed by atoms with Crippen molar-refractivity contribution in [2.24, 2.45) is 0 Å². The Bertz CT molecular complexity index is 50.5. The largest absolute Gasteiger partial charge is 0.393 e. The van der Waals surface area contributed by atoms with Crippen LogP contribution in [0.25, 0.3) is 0 Å². The topological polar surface area (TPSA) is 20.2 Å². The summed E-state index contributed by atoms with van der Waals surface area (Å²) in [6, 6.07) is 0. The van der Waals surface area contributed by atoms with Crippen LogP contribution in [0.1, 0.15) is 26.7 Å². The lowest BCUT2D eigenvalue weighted by molar-refractivity contribution is 0.183. The van der Waals surface area contributed by atoms with Crippen LogP contribution in [0.5, 0.6) is 0 Å². The van der Waals surface area contributed by atoms with E-state index >= 15 is 0 Å². The highest BCUT2D eigenvalue weighted by atomic mass is 16.3. The summed E-state index contributed by atoms with van der Waals surface area (Å²) in [6.07, 6.45) is 1.91. The van der Waals surface area contributed by atoms with Crippen molar-refractivity contribution in [3.05, 3.63) is 0 Å². The molecular weight excluding hydrogens is 123 g/mol. The molecule has 0 saturated carbocycles. The number of rotatable bonds is 2. The molecule has 0 heterocycles. The average Bonchev–Trinajstić information content (AvgIpc) is 1.62. The summed E-state index contributed by atoms with van der Waals surface area (Å²) in [4.78, 5) is 0. The van der Waals surface area contributed by atoms with Crippen molar-refractivity contribution in [2.45, 2.75) is 53.3 Å². The first kappa shape index (κ1) is 12.7. The smallest absolute Gasteiger partial charge is 0.130 e. The van der Waals surface area contributed by atoms with E-state index in [1.807, 2.05) is 6.92 Å². The molecule has 0 fully saturated rings. The fourth-order valence-corrected chi connectivity index (χ4v) is 0.418. The molecule has 0 aromatic rings. The van der Waals surface area contributed by atoms with Gasteiger partial charge in [0.15, 0.2) is 0 Å². The zero-order valence-electron chi connectivity index (χ0n) is 8.02. The highest BCUT2D eigenvalue weighted by Crippen LogP contribution is 1.91. The molecule has 0 aliphatic carbocycles. The van der Waals surface area contributed by atoms with Gasteiger partial charge in [0.05, 0.1) is 6.10 Å². The van der Waals surface area contributed by atoms with E-state index in [0.717, 1.165) is 19.6 Å². The quantitative estimate of drug-likeness (QED) is 0.590. The molecule has 0 rings (SSSR count). The maximum absolute atomic E-state index is 8.55. The van der Waals surface area contributed by atoms with Crippen molar-refractivity contribution in [2.75, 3.05) is 0 Å². The van der Waals surface area contributed by atoms with E-state index in [1.54, 1.807) is 0 Å². The van der Waals surface area contributed by atoms with Crippen LogP contribution in [0.3, 0.4) is 0 Å². The van der Waals surface area contributed by atoms with E-state index in [2.05, 4.69) is 27.4 Å². The van der Waals surface area contributed by atoms with Crippen LogP contribution in [-0.2, 0) is 0 Å². The molecule has 1 N–H and O–H groups in total. The maximum atomic E-state index is 8.55. The van der Waals surface area contributed by atoms with Crippen molar-refractivity contribution in [1.82, 2.24) is 0 Å². The molecule has 0 spiro atoms. The fraction of sp³-hybridized carbons (Fsp3) is 1.00. The molecule has 0 aromatic carbocycles. The molecule has 0 radical (unpaired) electrons. The Morgan fingerprint density at radius 1 is 1.30 bits per heavy atom. The molecule has 1 atom stereocenters. The Morgan fingerprint density at radius 2 is 1.60 bits per heavy atom. The molecule has 0 aliphatic rings. The molecule has 10 heavy (non-hydrogen) atoms. The lowest BCUT2D eigenvalue weighted by atomic mass is 9.58. The minimum atomic E-state index is -0.102. The summed E-state index contributed by atoms with van der Waals surface area (Å²) in [5, 5.41) is 8.55. The van der Waals surface area contributed by atoms with Gasteiger partial charge in [-0.15, -0.1) is 0 Å². The van der Waals surface area contributed by atoms with Crippen molar-refractivity contribution in [1.29, 1.82) is 0 Å². The molecule has 2 heteroatoms. The summed E-state index contributed by atoms with van der Waals surface area (Å²) in [6.45, 7) is 11.2. The van der Waals surface area contributed by atoms with Crippen LogP contribution in [0.2, 0.25) is 20.5 Å². The molecular formula is C8H21BO. The monoisotopic (exact) mass is 144 g/mol. The molecule has 1 unspecified atom stereocenters. The lowest BCUT2D eigenvalue weighted by Gasteiger charge is -1.95. The van der Waals surface area contributed by atoms with Gasteiger partial charge in [0, 0.05) is 0 Å². The first-order valence-corrected chi connectivity index (χ1v) is 4.18. The SMILES string of the molecule is CB(C)C.CCCC(C)O. The summed E-state index contributed by atoms with van der Waals surface area (Å²) < 4.78 is 0.